The van der Waals surface area contributed by atoms with Crippen LogP contribution >= 0.6 is 0 Å². The van der Waals surface area contributed by atoms with Gasteiger partial charge >= 0.3 is 0 Å². The van der Waals surface area contributed by atoms with Crippen LogP contribution in [0.3, 0.4) is 0 Å². The van der Waals surface area contributed by atoms with E-state index in [0.717, 1.165) is 25.1 Å². The number of hydrogen-bond acceptors (Lipinski definition) is 1. The second-order valence-corrected chi connectivity index (χ2v) is 3.10. The van der Waals surface area contributed by atoms with E-state index in [1.165, 1.54) is 12.1 Å². The third-order valence-electron chi connectivity index (χ3n) is 1.92. The molecule has 0 fully saturated rings. The van der Waals surface area contributed by atoms with E-state index in [0.29, 0.717) is 0 Å². The van der Waals surface area contributed by atoms with Crippen LogP contribution in [0.5, 0.6) is 0 Å². The SMILES string of the molecule is CCNCCC=Cc1ccc(F)cc1. The Labute approximate surface area is 84.6 Å². The maximum atomic E-state index is 12.5. The Bertz CT molecular complexity index is 277. The number of rotatable bonds is 5. The maximum Gasteiger partial charge on any atom is 0.123 e. The molecule has 0 saturated heterocycles. The van der Waals surface area contributed by atoms with Crippen LogP contribution in [0.2, 0.25) is 0 Å². The van der Waals surface area contributed by atoms with Crippen LogP contribution in [0.4, 0.5) is 4.39 Å². The molecule has 0 amide bonds. The third-order valence-corrected chi connectivity index (χ3v) is 1.92. The van der Waals surface area contributed by atoms with Gasteiger partial charge in [0.25, 0.3) is 0 Å². The van der Waals surface area contributed by atoms with E-state index in [4.69, 9.17) is 0 Å². The molecular formula is C12H16FN. The predicted molar refractivity (Wildman–Crippen MR) is 58.6 cm³/mol. The highest BCUT2D eigenvalue weighted by molar-refractivity contribution is 5.48. The molecule has 1 aromatic carbocycles. The van der Waals surface area contributed by atoms with E-state index >= 15 is 0 Å². The molecule has 2 heteroatoms. The quantitative estimate of drug-likeness (QED) is 0.709. The smallest absolute Gasteiger partial charge is 0.123 e. The van der Waals surface area contributed by atoms with Gasteiger partial charge in [-0.15, -0.1) is 0 Å². The van der Waals surface area contributed by atoms with Crippen molar-refractivity contribution in [2.24, 2.45) is 0 Å². The predicted octanol–water partition coefficient (Wildman–Crippen LogP) is 2.84. The number of halogens is 1. The Morgan fingerprint density at radius 2 is 2.00 bits per heavy atom. The van der Waals surface area contributed by atoms with E-state index in [1.54, 1.807) is 12.1 Å². The summed E-state index contributed by atoms with van der Waals surface area (Å²) in [6.07, 6.45) is 5.11. The first-order valence-electron chi connectivity index (χ1n) is 4.95. The Morgan fingerprint density at radius 1 is 1.29 bits per heavy atom. The second kappa shape index (κ2) is 6.33. The van der Waals surface area contributed by atoms with E-state index in [2.05, 4.69) is 18.3 Å². The lowest BCUT2D eigenvalue weighted by Crippen LogP contribution is -2.12. The van der Waals surface area contributed by atoms with Crippen LogP contribution in [-0.2, 0) is 0 Å². The van der Waals surface area contributed by atoms with Gasteiger partial charge in [-0.2, -0.15) is 0 Å². The van der Waals surface area contributed by atoms with Crippen molar-refractivity contribution < 1.29 is 4.39 Å². The molecule has 0 saturated carbocycles. The van der Waals surface area contributed by atoms with Gasteiger partial charge in [0.05, 0.1) is 0 Å². The zero-order chi connectivity index (χ0) is 10.2. The monoisotopic (exact) mass is 193 g/mol. The molecule has 0 aliphatic heterocycles. The standard InChI is InChI=1S/C12H16FN/c1-2-14-10-4-3-5-11-6-8-12(13)9-7-11/h3,5-9,14H,2,4,10H2,1H3. The van der Waals surface area contributed by atoms with Gasteiger partial charge in [0, 0.05) is 0 Å². The highest BCUT2D eigenvalue weighted by Gasteiger charge is 1.88. The molecule has 0 aliphatic rings. The van der Waals surface area contributed by atoms with Crippen molar-refractivity contribution in [1.29, 1.82) is 0 Å². The number of hydrogen-bond donors (Lipinski definition) is 1. The molecule has 1 rings (SSSR count). The Balaban J connectivity index is 2.33. The minimum absolute atomic E-state index is 0.185. The lowest BCUT2D eigenvalue weighted by molar-refractivity contribution is 0.628. The van der Waals surface area contributed by atoms with Gasteiger partial charge in [-0.1, -0.05) is 31.2 Å². The van der Waals surface area contributed by atoms with Gasteiger partial charge in [0.2, 0.25) is 0 Å². The second-order valence-electron chi connectivity index (χ2n) is 3.10. The van der Waals surface area contributed by atoms with Gasteiger partial charge in [-0.3, -0.25) is 0 Å². The van der Waals surface area contributed by atoms with Crippen molar-refractivity contribution >= 4 is 6.08 Å². The van der Waals surface area contributed by atoms with Crippen molar-refractivity contribution in [2.45, 2.75) is 13.3 Å². The van der Waals surface area contributed by atoms with E-state index in [1.807, 2.05) is 6.08 Å². The van der Waals surface area contributed by atoms with E-state index in [-0.39, 0.29) is 5.82 Å². The average molecular weight is 193 g/mol. The van der Waals surface area contributed by atoms with Crippen LogP contribution in [0.25, 0.3) is 6.08 Å². The third kappa shape index (κ3) is 4.19. The van der Waals surface area contributed by atoms with E-state index in [9.17, 15) is 4.39 Å². The molecule has 0 unspecified atom stereocenters. The molecule has 1 N–H and O–H groups in total. The van der Waals surface area contributed by atoms with Crippen LogP contribution in [0.1, 0.15) is 18.9 Å². The van der Waals surface area contributed by atoms with Gasteiger partial charge in [0.15, 0.2) is 0 Å². The molecule has 14 heavy (non-hydrogen) atoms. The molecule has 0 spiro atoms. The van der Waals surface area contributed by atoms with Gasteiger partial charge in [0.1, 0.15) is 5.82 Å². The molecule has 0 aromatic heterocycles. The van der Waals surface area contributed by atoms with Crippen LogP contribution < -0.4 is 5.32 Å². The summed E-state index contributed by atoms with van der Waals surface area (Å²) in [7, 11) is 0. The molecule has 1 nitrogen and oxygen atoms in total. The van der Waals surface area contributed by atoms with Crippen molar-refractivity contribution in [3.63, 3.8) is 0 Å². The fourth-order valence-corrected chi connectivity index (χ4v) is 1.16. The van der Waals surface area contributed by atoms with Gasteiger partial charge in [-0.25, -0.2) is 4.39 Å². The summed E-state index contributed by atoms with van der Waals surface area (Å²) < 4.78 is 12.5. The van der Waals surface area contributed by atoms with Crippen LogP contribution in [0, 0.1) is 5.82 Å². The first-order valence-corrected chi connectivity index (χ1v) is 4.95. The van der Waals surface area contributed by atoms with Crippen molar-refractivity contribution in [2.75, 3.05) is 13.1 Å². The lowest BCUT2D eigenvalue weighted by atomic mass is 10.2. The normalized spacial score (nSPS) is 11.0. The zero-order valence-electron chi connectivity index (χ0n) is 8.46. The van der Waals surface area contributed by atoms with E-state index < -0.39 is 0 Å². The minimum Gasteiger partial charge on any atom is -0.317 e. The summed E-state index contributed by atoms with van der Waals surface area (Å²) in [5.41, 5.74) is 1.04. The summed E-state index contributed by atoms with van der Waals surface area (Å²) in [5, 5.41) is 3.23. The molecule has 0 bridgehead atoms. The topological polar surface area (TPSA) is 12.0 Å². The fourth-order valence-electron chi connectivity index (χ4n) is 1.16. The minimum atomic E-state index is -0.185. The first-order chi connectivity index (χ1) is 6.83. The summed E-state index contributed by atoms with van der Waals surface area (Å²) >= 11 is 0. The molecule has 0 radical (unpaired) electrons. The van der Waals surface area contributed by atoms with Gasteiger partial charge < -0.3 is 5.32 Å². The highest BCUT2D eigenvalue weighted by Crippen LogP contribution is 2.04. The maximum absolute atomic E-state index is 12.5. The summed E-state index contributed by atoms with van der Waals surface area (Å²) in [6, 6.07) is 6.51. The van der Waals surface area contributed by atoms with Crippen molar-refractivity contribution in [1.82, 2.24) is 5.32 Å². The summed E-state index contributed by atoms with van der Waals surface area (Å²) in [5.74, 6) is -0.185. The van der Waals surface area contributed by atoms with Crippen LogP contribution in [0.15, 0.2) is 30.3 Å². The molecule has 76 valence electrons. The zero-order valence-corrected chi connectivity index (χ0v) is 8.46. The largest absolute Gasteiger partial charge is 0.317 e. The average Bonchev–Trinajstić information content (AvgIpc) is 2.21. The fraction of sp³-hybridized carbons (Fsp3) is 0.333. The Hall–Kier alpha value is -1.15. The molecular weight excluding hydrogens is 177 g/mol. The highest BCUT2D eigenvalue weighted by atomic mass is 19.1. The number of benzene rings is 1. The van der Waals surface area contributed by atoms with Crippen LogP contribution in [-0.4, -0.2) is 13.1 Å². The van der Waals surface area contributed by atoms with Crippen molar-refractivity contribution in [3.8, 4) is 0 Å². The summed E-state index contributed by atoms with van der Waals surface area (Å²) in [4.78, 5) is 0. The first kappa shape index (κ1) is 10.9. The Morgan fingerprint density at radius 3 is 2.64 bits per heavy atom. The Kier molecular flexibility index (Phi) is 4.94. The molecule has 0 heterocycles. The number of nitrogens with one attached hydrogen (secondary N) is 1. The summed E-state index contributed by atoms with van der Waals surface area (Å²) in [6.45, 7) is 4.09. The molecule has 0 atom stereocenters. The molecule has 0 aliphatic carbocycles. The molecule has 1 aromatic rings. The van der Waals surface area contributed by atoms with Crippen molar-refractivity contribution in [3.05, 3.63) is 41.7 Å². The lowest BCUT2D eigenvalue weighted by Gasteiger charge is -1.96. The van der Waals surface area contributed by atoms with Gasteiger partial charge in [-0.05, 0) is 37.2 Å².